The van der Waals surface area contributed by atoms with Crippen molar-refractivity contribution in [1.29, 1.82) is 0 Å². The van der Waals surface area contributed by atoms with Gasteiger partial charge in [-0.05, 0) is 47.9 Å². The first kappa shape index (κ1) is 20.6. The van der Waals surface area contributed by atoms with Gasteiger partial charge in [0.05, 0.1) is 13.7 Å². The Kier molecular flexibility index (Phi) is 7.39. The van der Waals surface area contributed by atoms with Gasteiger partial charge in [-0.15, -0.1) is 0 Å². The van der Waals surface area contributed by atoms with E-state index in [4.69, 9.17) is 18.9 Å². The number of nitrogens with one attached hydrogen (secondary N) is 1. The second kappa shape index (κ2) is 10.4. The third-order valence-corrected chi connectivity index (χ3v) is 4.52. The molecule has 6 heteroatoms. The lowest BCUT2D eigenvalue weighted by Gasteiger charge is -2.11. The third-order valence-electron chi connectivity index (χ3n) is 4.52. The second-order valence-electron chi connectivity index (χ2n) is 6.70. The van der Waals surface area contributed by atoms with Crippen LogP contribution in [0.4, 0.5) is 0 Å². The van der Waals surface area contributed by atoms with Crippen molar-refractivity contribution in [2.45, 2.75) is 32.7 Å². The Labute approximate surface area is 171 Å². The smallest absolute Gasteiger partial charge is 0.244 e. The number of hydrogen-bond donors (Lipinski definition) is 1. The van der Waals surface area contributed by atoms with Crippen LogP contribution in [0.15, 0.2) is 42.5 Å². The molecule has 6 nitrogen and oxygen atoms in total. The van der Waals surface area contributed by atoms with Crippen LogP contribution in [0.3, 0.4) is 0 Å². The number of fused-ring (bicyclic) bond motifs is 1. The fourth-order valence-corrected chi connectivity index (χ4v) is 2.91. The fourth-order valence-electron chi connectivity index (χ4n) is 2.91. The molecule has 1 aliphatic rings. The van der Waals surface area contributed by atoms with Crippen LogP contribution in [-0.2, 0) is 11.3 Å². The molecule has 29 heavy (non-hydrogen) atoms. The Balaban J connectivity index is 1.52. The number of hydrogen-bond acceptors (Lipinski definition) is 5. The van der Waals surface area contributed by atoms with E-state index in [1.165, 1.54) is 6.08 Å². The van der Waals surface area contributed by atoms with Gasteiger partial charge >= 0.3 is 0 Å². The number of amides is 1. The van der Waals surface area contributed by atoms with E-state index in [9.17, 15) is 4.79 Å². The van der Waals surface area contributed by atoms with Crippen molar-refractivity contribution in [3.8, 4) is 23.0 Å². The van der Waals surface area contributed by atoms with E-state index in [0.29, 0.717) is 30.4 Å². The zero-order valence-corrected chi connectivity index (χ0v) is 16.9. The van der Waals surface area contributed by atoms with E-state index in [1.54, 1.807) is 13.2 Å². The molecular formula is C23H27NO5. The molecule has 0 saturated carbocycles. The maximum Gasteiger partial charge on any atom is 0.244 e. The lowest BCUT2D eigenvalue weighted by atomic mass is 10.1. The number of rotatable bonds is 10. The van der Waals surface area contributed by atoms with E-state index >= 15 is 0 Å². The molecule has 0 saturated heterocycles. The first-order valence-corrected chi connectivity index (χ1v) is 9.85. The van der Waals surface area contributed by atoms with E-state index in [2.05, 4.69) is 12.2 Å². The topological polar surface area (TPSA) is 66.0 Å². The van der Waals surface area contributed by atoms with Crippen molar-refractivity contribution in [3.63, 3.8) is 0 Å². The molecule has 1 heterocycles. The number of methoxy groups -OCH3 is 1. The lowest BCUT2D eigenvalue weighted by molar-refractivity contribution is -0.116. The highest BCUT2D eigenvalue weighted by Gasteiger charge is 2.13. The Bertz CT molecular complexity index is 862. The average molecular weight is 397 g/mol. The Morgan fingerprint density at radius 2 is 1.97 bits per heavy atom. The van der Waals surface area contributed by atoms with Gasteiger partial charge in [-0.2, -0.15) is 0 Å². The Morgan fingerprint density at radius 1 is 1.10 bits per heavy atom. The lowest BCUT2D eigenvalue weighted by Crippen LogP contribution is -2.20. The average Bonchev–Trinajstić information content (AvgIpc) is 3.22. The Hall–Kier alpha value is -3.15. The van der Waals surface area contributed by atoms with Crippen LogP contribution in [0.5, 0.6) is 23.0 Å². The molecule has 1 aliphatic heterocycles. The fraction of sp³-hybridized carbons (Fsp3) is 0.348. The molecule has 2 aromatic rings. The van der Waals surface area contributed by atoms with Gasteiger partial charge in [0.25, 0.3) is 0 Å². The third kappa shape index (κ3) is 5.91. The molecule has 0 bridgehead atoms. The molecule has 3 rings (SSSR count). The molecule has 2 aromatic carbocycles. The van der Waals surface area contributed by atoms with Gasteiger partial charge in [-0.25, -0.2) is 0 Å². The maximum absolute atomic E-state index is 12.1. The summed E-state index contributed by atoms with van der Waals surface area (Å²) in [5, 5.41) is 2.86. The van der Waals surface area contributed by atoms with Crippen molar-refractivity contribution in [2.75, 3.05) is 20.5 Å². The Morgan fingerprint density at radius 3 is 2.79 bits per heavy atom. The van der Waals surface area contributed by atoms with Crippen molar-refractivity contribution in [1.82, 2.24) is 5.32 Å². The summed E-state index contributed by atoms with van der Waals surface area (Å²) in [6.07, 6.45) is 6.57. The zero-order valence-electron chi connectivity index (χ0n) is 16.9. The number of ether oxygens (including phenoxy) is 4. The molecule has 154 valence electrons. The number of carbonyl (C=O) groups is 1. The predicted molar refractivity (Wildman–Crippen MR) is 111 cm³/mol. The van der Waals surface area contributed by atoms with Crippen LogP contribution >= 0.6 is 0 Å². The highest BCUT2D eigenvalue weighted by Crippen LogP contribution is 2.32. The van der Waals surface area contributed by atoms with E-state index in [1.807, 2.05) is 36.4 Å². The largest absolute Gasteiger partial charge is 0.493 e. The summed E-state index contributed by atoms with van der Waals surface area (Å²) < 4.78 is 21.8. The maximum atomic E-state index is 12.1. The minimum atomic E-state index is -0.179. The highest BCUT2D eigenvalue weighted by molar-refractivity contribution is 5.91. The minimum Gasteiger partial charge on any atom is -0.493 e. The van der Waals surface area contributed by atoms with Crippen LogP contribution in [0, 0.1) is 0 Å². The van der Waals surface area contributed by atoms with Gasteiger partial charge < -0.3 is 24.3 Å². The molecule has 0 aromatic heterocycles. The normalized spacial score (nSPS) is 12.2. The molecule has 0 aliphatic carbocycles. The van der Waals surface area contributed by atoms with E-state index in [-0.39, 0.29) is 12.7 Å². The molecule has 1 amide bonds. The number of carbonyl (C=O) groups excluding carboxylic acids is 1. The monoisotopic (exact) mass is 397 g/mol. The summed E-state index contributed by atoms with van der Waals surface area (Å²) in [5.41, 5.74) is 1.81. The first-order valence-electron chi connectivity index (χ1n) is 9.85. The molecule has 0 fully saturated rings. The van der Waals surface area contributed by atoms with Gasteiger partial charge in [-0.1, -0.05) is 31.9 Å². The SMILES string of the molecule is CCCCCOc1ccc(/C=C/C(=O)NCc2ccc3c(c2)OCO3)cc1OC. The minimum absolute atomic E-state index is 0.179. The summed E-state index contributed by atoms with van der Waals surface area (Å²) in [6.45, 7) is 3.47. The summed E-state index contributed by atoms with van der Waals surface area (Å²) in [4.78, 5) is 12.1. The molecule has 0 unspecified atom stereocenters. The van der Waals surface area contributed by atoms with Crippen molar-refractivity contribution >= 4 is 12.0 Å². The van der Waals surface area contributed by atoms with Crippen LogP contribution in [0.2, 0.25) is 0 Å². The van der Waals surface area contributed by atoms with E-state index in [0.717, 1.165) is 36.1 Å². The highest BCUT2D eigenvalue weighted by atomic mass is 16.7. The molecule has 0 spiro atoms. The van der Waals surface area contributed by atoms with Crippen LogP contribution in [0.25, 0.3) is 6.08 Å². The van der Waals surface area contributed by atoms with Gasteiger partial charge in [0, 0.05) is 12.6 Å². The van der Waals surface area contributed by atoms with Crippen LogP contribution in [-0.4, -0.2) is 26.4 Å². The van der Waals surface area contributed by atoms with Crippen molar-refractivity contribution in [2.24, 2.45) is 0 Å². The van der Waals surface area contributed by atoms with Gasteiger partial charge in [-0.3, -0.25) is 4.79 Å². The molecule has 0 atom stereocenters. The molecule has 0 radical (unpaired) electrons. The van der Waals surface area contributed by atoms with Crippen molar-refractivity contribution in [3.05, 3.63) is 53.6 Å². The van der Waals surface area contributed by atoms with Gasteiger partial charge in [0.2, 0.25) is 12.7 Å². The standard InChI is InChI=1S/C23H27NO5/c1-3-4-5-12-27-19-9-6-17(13-21(19)26-2)8-11-23(25)24-15-18-7-10-20-22(14-18)29-16-28-20/h6-11,13-14H,3-5,12,15-16H2,1-2H3,(H,24,25)/b11-8+. The summed E-state index contributed by atoms with van der Waals surface area (Å²) in [6, 6.07) is 11.3. The van der Waals surface area contributed by atoms with Crippen LogP contribution < -0.4 is 24.3 Å². The van der Waals surface area contributed by atoms with Gasteiger partial charge in [0.15, 0.2) is 23.0 Å². The molecular weight excluding hydrogens is 370 g/mol. The summed E-state index contributed by atoms with van der Waals surface area (Å²) in [5.74, 6) is 2.63. The predicted octanol–water partition coefficient (Wildman–Crippen LogP) is 4.32. The first-order chi connectivity index (χ1) is 14.2. The number of unbranched alkanes of at least 4 members (excludes halogenated alkanes) is 2. The van der Waals surface area contributed by atoms with Gasteiger partial charge in [0.1, 0.15) is 0 Å². The number of benzene rings is 2. The summed E-state index contributed by atoms with van der Waals surface area (Å²) >= 11 is 0. The quantitative estimate of drug-likeness (QED) is 0.478. The van der Waals surface area contributed by atoms with E-state index < -0.39 is 0 Å². The van der Waals surface area contributed by atoms with Crippen molar-refractivity contribution < 1.29 is 23.7 Å². The van der Waals surface area contributed by atoms with Crippen LogP contribution in [0.1, 0.15) is 37.3 Å². The molecule has 1 N–H and O–H groups in total. The zero-order chi connectivity index (χ0) is 20.5. The second-order valence-corrected chi connectivity index (χ2v) is 6.70. The summed E-state index contributed by atoms with van der Waals surface area (Å²) in [7, 11) is 1.61.